The van der Waals surface area contributed by atoms with Crippen molar-refractivity contribution in [3.05, 3.63) is 0 Å². The highest BCUT2D eigenvalue weighted by Gasteiger charge is 2.29. The van der Waals surface area contributed by atoms with Crippen LogP contribution in [-0.2, 0) is 4.79 Å². The van der Waals surface area contributed by atoms with Crippen molar-refractivity contribution in [3.63, 3.8) is 0 Å². The standard InChI is InChI=1S/C8H15NO/c1-3-7(6-10)8-4-9(2)5-8/h6-8H,3-5H2,1-2H3. The molecule has 0 radical (unpaired) electrons. The van der Waals surface area contributed by atoms with Crippen molar-refractivity contribution in [3.8, 4) is 0 Å². The van der Waals surface area contributed by atoms with Gasteiger partial charge in [0.15, 0.2) is 0 Å². The maximum atomic E-state index is 10.5. The molecule has 0 bridgehead atoms. The van der Waals surface area contributed by atoms with Gasteiger partial charge in [0.25, 0.3) is 0 Å². The van der Waals surface area contributed by atoms with Gasteiger partial charge in [0, 0.05) is 19.0 Å². The molecule has 0 amide bonds. The fourth-order valence-electron chi connectivity index (χ4n) is 1.56. The number of nitrogens with zero attached hydrogens (tertiary/aromatic N) is 1. The second-order valence-corrected chi connectivity index (χ2v) is 3.19. The van der Waals surface area contributed by atoms with E-state index >= 15 is 0 Å². The molecule has 10 heavy (non-hydrogen) atoms. The maximum Gasteiger partial charge on any atom is 0.123 e. The molecular weight excluding hydrogens is 126 g/mol. The van der Waals surface area contributed by atoms with Crippen LogP contribution in [0.15, 0.2) is 0 Å². The van der Waals surface area contributed by atoms with Crippen LogP contribution in [0.5, 0.6) is 0 Å². The lowest BCUT2D eigenvalue weighted by atomic mass is 9.85. The first kappa shape index (κ1) is 7.73. The molecule has 1 fully saturated rings. The average molecular weight is 141 g/mol. The van der Waals surface area contributed by atoms with Crippen LogP contribution in [0.3, 0.4) is 0 Å². The largest absolute Gasteiger partial charge is 0.306 e. The summed E-state index contributed by atoms with van der Waals surface area (Å²) in [5.74, 6) is 0.962. The van der Waals surface area contributed by atoms with Crippen LogP contribution in [0, 0.1) is 11.8 Å². The summed E-state index contributed by atoms with van der Waals surface area (Å²) in [5, 5.41) is 0. The van der Waals surface area contributed by atoms with Gasteiger partial charge in [-0.15, -0.1) is 0 Å². The van der Waals surface area contributed by atoms with Gasteiger partial charge in [-0.25, -0.2) is 0 Å². The smallest absolute Gasteiger partial charge is 0.123 e. The van der Waals surface area contributed by atoms with Gasteiger partial charge in [-0.3, -0.25) is 0 Å². The van der Waals surface area contributed by atoms with Gasteiger partial charge < -0.3 is 9.69 Å². The quantitative estimate of drug-likeness (QED) is 0.541. The Kier molecular flexibility index (Phi) is 2.44. The van der Waals surface area contributed by atoms with Gasteiger partial charge in [0.05, 0.1) is 0 Å². The van der Waals surface area contributed by atoms with Crippen molar-refractivity contribution in [2.45, 2.75) is 13.3 Å². The number of aldehydes is 1. The van der Waals surface area contributed by atoms with Gasteiger partial charge in [-0.05, 0) is 19.4 Å². The van der Waals surface area contributed by atoms with E-state index in [0.29, 0.717) is 11.8 Å². The Morgan fingerprint density at radius 1 is 1.70 bits per heavy atom. The number of hydrogen-bond acceptors (Lipinski definition) is 2. The van der Waals surface area contributed by atoms with Crippen molar-refractivity contribution < 1.29 is 4.79 Å². The van der Waals surface area contributed by atoms with E-state index in [2.05, 4.69) is 18.9 Å². The van der Waals surface area contributed by atoms with Gasteiger partial charge in [0.2, 0.25) is 0 Å². The number of likely N-dealkylation sites (tertiary alicyclic amines) is 1. The predicted octanol–water partition coefficient (Wildman–Crippen LogP) is 0.773. The van der Waals surface area contributed by atoms with Crippen LogP contribution < -0.4 is 0 Å². The molecule has 1 aliphatic rings. The first-order valence-electron chi connectivity index (χ1n) is 3.91. The SMILES string of the molecule is CCC(C=O)C1CN(C)C1. The van der Waals surface area contributed by atoms with Crippen LogP contribution in [0.1, 0.15) is 13.3 Å². The highest BCUT2D eigenvalue weighted by molar-refractivity contribution is 5.54. The van der Waals surface area contributed by atoms with Crippen molar-refractivity contribution in [2.24, 2.45) is 11.8 Å². The molecule has 58 valence electrons. The van der Waals surface area contributed by atoms with E-state index in [1.165, 1.54) is 0 Å². The molecule has 1 rings (SSSR count). The summed E-state index contributed by atoms with van der Waals surface area (Å²) >= 11 is 0. The summed E-state index contributed by atoms with van der Waals surface area (Å²) in [6.45, 7) is 4.30. The summed E-state index contributed by atoms with van der Waals surface area (Å²) in [4.78, 5) is 12.7. The zero-order valence-electron chi connectivity index (χ0n) is 6.71. The average Bonchev–Trinajstić information content (AvgIpc) is 1.87. The number of hydrogen-bond donors (Lipinski definition) is 0. The van der Waals surface area contributed by atoms with Crippen LogP contribution in [-0.4, -0.2) is 31.3 Å². The molecule has 1 aliphatic heterocycles. The minimum atomic E-state index is 0.316. The zero-order valence-corrected chi connectivity index (χ0v) is 6.71. The maximum absolute atomic E-state index is 10.5. The Labute approximate surface area is 62.2 Å². The molecule has 0 aromatic carbocycles. The summed E-state index contributed by atoms with van der Waals surface area (Å²) in [6, 6.07) is 0. The predicted molar refractivity (Wildman–Crippen MR) is 40.8 cm³/mol. The Morgan fingerprint density at radius 2 is 2.30 bits per heavy atom. The molecule has 0 spiro atoms. The second-order valence-electron chi connectivity index (χ2n) is 3.19. The van der Waals surface area contributed by atoms with E-state index in [1.54, 1.807) is 0 Å². The lowest BCUT2D eigenvalue weighted by Crippen LogP contribution is -2.47. The summed E-state index contributed by atoms with van der Waals surface area (Å²) < 4.78 is 0. The minimum absolute atomic E-state index is 0.316. The third kappa shape index (κ3) is 1.37. The molecule has 0 N–H and O–H groups in total. The van der Waals surface area contributed by atoms with Crippen LogP contribution in [0.2, 0.25) is 0 Å². The van der Waals surface area contributed by atoms with Gasteiger partial charge in [-0.1, -0.05) is 6.92 Å². The number of carbonyl (C=O) groups excluding carboxylic acids is 1. The fourth-order valence-corrected chi connectivity index (χ4v) is 1.56. The lowest BCUT2D eigenvalue weighted by Gasteiger charge is -2.39. The number of carbonyl (C=O) groups is 1. The van der Waals surface area contributed by atoms with Gasteiger partial charge in [0.1, 0.15) is 6.29 Å². The minimum Gasteiger partial charge on any atom is -0.306 e. The summed E-state index contributed by atoms with van der Waals surface area (Å²) in [7, 11) is 2.09. The monoisotopic (exact) mass is 141 g/mol. The zero-order chi connectivity index (χ0) is 7.56. The third-order valence-electron chi connectivity index (χ3n) is 2.34. The van der Waals surface area contributed by atoms with Gasteiger partial charge >= 0.3 is 0 Å². The van der Waals surface area contributed by atoms with Gasteiger partial charge in [-0.2, -0.15) is 0 Å². The number of rotatable bonds is 3. The second kappa shape index (κ2) is 3.15. The normalized spacial score (nSPS) is 23.8. The topological polar surface area (TPSA) is 20.3 Å². The highest BCUT2D eigenvalue weighted by atomic mass is 16.1. The van der Waals surface area contributed by atoms with Crippen LogP contribution >= 0.6 is 0 Å². The Bertz CT molecular complexity index is 118. The molecular formula is C8H15NO. The molecule has 1 unspecified atom stereocenters. The van der Waals surface area contributed by atoms with Crippen molar-refractivity contribution in [1.82, 2.24) is 4.90 Å². The van der Waals surface area contributed by atoms with Crippen molar-refractivity contribution >= 4 is 6.29 Å². The molecule has 0 aromatic heterocycles. The Morgan fingerprint density at radius 3 is 2.60 bits per heavy atom. The van der Waals surface area contributed by atoms with E-state index < -0.39 is 0 Å². The van der Waals surface area contributed by atoms with E-state index in [1.807, 2.05) is 0 Å². The Hall–Kier alpha value is -0.370. The van der Waals surface area contributed by atoms with Crippen LogP contribution in [0.4, 0.5) is 0 Å². The third-order valence-corrected chi connectivity index (χ3v) is 2.34. The Balaban J connectivity index is 2.27. The van der Waals surface area contributed by atoms with E-state index in [4.69, 9.17) is 0 Å². The summed E-state index contributed by atoms with van der Waals surface area (Å²) in [5.41, 5.74) is 0. The molecule has 2 nitrogen and oxygen atoms in total. The molecule has 1 saturated heterocycles. The van der Waals surface area contributed by atoms with E-state index in [9.17, 15) is 4.79 Å². The molecule has 1 heterocycles. The highest BCUT2D eigenvalue weighted by Crippen LogP contribution is 2.22. The molecule has 2 heteroatoms. The molecule has 0 aliphatic carbocycles. The lowest BCUT2D eigenvalue weighted by molar-refractivity contribution is -0.114. The van der Waals surface area contributed by atoms with Crippen molar-refractivity contribution in [2.75, 3.05) is 20.1 Å². The van der Waals surface area contributed by atoms with Crippen molar-refractivity contribution in [1.29, 1.82) is 0 Å². The first-order chi connectivity index (χ1) is 4.77. The first-order valence-corrected chi connectivity index (χ1v) is 3.91. The van der Waals surface area contributed by atoms with Crippen LogP contribution in [0.25, 0.3) is 0 Å². The van der Waals surface area contributed by atoms with E-state index in [-0.39, 0.29) is 0 Å². The summed E-state index contributed by atoms with van der Waals surface area (Å²) in [6.07, 6.45) is 2.11. The molecule has 0 saturated carbocycles. The fraction of sp³-hybridized carbons (Fsp3) is 0.875. The van der Waals surface area contributed by atoms with E-state index in [0.717, 1.165) is 25.8 Å². The molecule has 0 aromatic rings. The molecule has 1 atom stereocenters.